The highest BCUT2D eigenvalue weighted by Gasteiger charge is 2.21. The van der Waals surface area contributed by atoms with Crippen LogP contribution in [0.4, 0.5) is 5.82 Å². The van der Waals surface area contributed by atoms with E-state index in [-0.39, 0.29) is 25.5 Å². The molecule has 2 aromatic heterocycles. The number of aliphatic hydroxyl groups excluding tert-OH is 1. The second-order valence-corrected chi connectivity index (χ2v) is 8.07. The van der Waals surface area contributed by atoms with Crippen molar-refractivity contribution in [3.63, 3.8) is 0 Å². The summed E-state index contributed by atoms with van der Waals surface area (Å²) < 4.78 is 5.74. The van der Waals surface area contributed by atoms with Crippen LogP contribution in [0.5, 0.6) is 5.75 Å². The monoisotopic (exact) mass is 432 g/mol. The summed E-state index contributed by atoms with van der Waals surface area (Å²) in [6.45, 7) is 5.19. The number of pyridine rings is 1. The molecule has 10 heteroatoms. The lowest BCUT2D eigenvalue weighted by molar-refractivity contribution is 0.119. The highest BCUT2D eigenvalue weighted by molar-refractivity contribution is 8.03. The topological polar surface area (TPSA) is 144 Å². The Kier molecular flexibility index (Phi) is 7.48. The van der Waals surface area contributed by atoms with Gasteiger partial charge < -0.3 is 31.3 Å². The number of rotatable bonds is 9. The Hall–Kier alpha value is -2.40. The lowest BCUT2D eigenvalue weighted by Gasteiger charge is -2.19. The number of aromatic nitrogens is 3. The van der Waals surface area contributed by atoms with Crippen molar-refractivity contribution in [2.45, 2.75) is 46.6 Å². The van der Waals surface area contributed by atoms with E-state index in [1.807, 2.05) is 6.92 Å². The largest absolute Gasteiger partial charge is 0.506 e. The van der Waals surface area contributed by atoms with Crippen LogP contribution in [0.2, 0.25) is 0 Å². The van der Waals surface area contributed by atoms with Gasteiger partial charge in [0.2, 0.25) is 0 Å². The number of nitrogens with zero attached hydrogens (tertiary/aromatic N) is 4. The number of aromatic hydroxyl groups is 1. The van der Waals surface area contributed by atoms with Crippen LogP contribution in [0.1, 0.15) is 41.6 Å². The minimum Gasteiger partial charge on any atom is -0.506 e. The highest BCUT2D eigenvalue weighted by atomic mass is 32.2. The molecule has 0 fully saturated rings. The fourth-order valence-electron chi connectivity index (χ4n) is 3.22. The van der Waals surface area contributed by atoms with Crippen LogP contribution >= 0.6 is 11.8 Å². The Morgan fingerprint density at radius 2 is 2.00 bits per heavy atom. The van der Waals surface area contributed by atoms with Crippen molar-refractivity contribution in [1.82, 2.24) is 19.9 Å². The zero-order chi connectivity index (χ0) is 21.7. The third-order valence-corrected chi connectivity index (χ3v) is 6.35. The van der Waals surface area contributed by atoms with Crippen LogP contribution in [0.15, 0.2) is 23.0 Å². The third-order valence-electron chi connectivity index (χ3n) is 5.06. The number of hydrogen-bond acceptors (Lipinski definition) is 10. The van der Waals surface area contributed by atoms with Gasteiger partial charge in [-0.3, -0.25) is 4.98 Å². The molecule has 0 bridgehead atoms. The Balaban J connectivity index is 1.54. The van der Waals surface area contributed by atoms with Crippen LogP contribution in [0, 0.1) is 6.92 Å². The normalized spacial score (nSPS) is 14.1. The molecule has 1 aliphatic heterocycles. The minimum absolute atomic E-state index is 0.00114. The van der Waals surface area contributed by atoms with E-state index in [2.05, 4.69) is 26.8 Å². The first-order valence-electron chi connectivity index (χ1n) is 9.67. The summed E-state index contributed by atoms with van der Waals surface area (Å²) in [4.78, 5) is 16.2. The van der Waals surface area contributed by atoms with Gasteiger partial charge in [-0.1, -0.05) is 0 Å². The smallest absolute Gasteiger partial charge is 0.144 e. The molecular weight excluding hydrogens is 404 g/mol. The van der Waals surface area contributed by atoms with Gasteiger partial charge in [0.1, 0.15) is 23.1 Å². The molecule has 0 unspecified atom stereocenters. The van der Waals surface area contributed by atoms with Crippen molar-refractivity contribution < 1.29 is 14.9 Å². The van der Waals surface area contributed by atoms with Crippen LogP contribution in [0.3, 0.4) is 0 Å². The van der Waals surface area contributed by atoms with Crippen molar-refractivity contribution in [2.24, 2.45) is 5.73 Å². The van der Waals surface area contributed by atoms with E-state index in [9.17, 15) is 10.2 Å². The standard InChI is InChI=1S/C20H28N6O3S/c1-12-18(30-11-26(12)8-14-6-23-13(2)25-20(14)22)3-4-29-10-17-19(28)16(5-21)15(9-27)7-24-17/h6-7,27-28H,3-5,8-11,21H2,1-2H3,(H2,22,23,25). The Bertz CT molecular complexity index is 937. The molecular formula is C20H28N6O3S. The number of allylic oxidation sites excluding steroid dienone is 1. The summed E-state index contributed by atoms with van der Waals surface area (Å²) in [7, 11) is 0. The number of thioether (sulfide) groups is 1. The lowest BCUT2D eigenvalue weighted by Crippen LogP contribution is -2.18. The SMILES string of the molecule is CC1=C(CCOCc2ncc(CO)c(CN)c2O)SCN1Cc1cnc(C)nc1N. The van der Waals surface area contributed by atoms with E-state index in [0.29, 0.717) is 41.6 Å². The zero-order valence-corrected chi connectivity index (χ0v) is 18.1. The number of ether oxygens (including phenoxy) is 1. The molecule has 0 amide bonds. The van der Waals surface area contributed by atoms with Gasteiger partial charge in [-0.15, -0.1) is 11.8 Å². The van der Waals surface area contributed by atoms with Gasteiger partial charge in [0, 0.05) is 59.2 Å². The van der Waals surface area contributed by atoms with E-state index in [1.54, 1.807) is 18.0 Å². The number of hydrogen-bond donors (Lipinski definition) is 4. The second-order valence-electron chi connectivity index (χ2n) is 7.03. The van der Waals surface area contributed by atoms with Gasteiger partial charge in [0.15, 0.2) is 0 Å². The van der Waals surface area contributed by atoms with E-state index in [0.717, 1.165) is 17.9 Å². The van der Waals surface area contributed by atoms with Crippen molar-refractivity contribution in [3.05, 3.63) is 51.2 Å². The fourth-order valence-corrected chi connectivity index (χ4v) is 4.38. The average Bonchev–Trinajstić information content (AvgIpc) is 3.07. The van der Waals surface area contributed by atoms with Crippen molar-refractivity contribution >= 4 is 17.6 Å². The molecule has 0 saturated heterocycles. The number of aliphatic hydroxyl groups is 1. The van der Waals surface area contributed by atoms with Gasteiger partial charge in [-0.2, -0.15) is 0 Å². The molecule has 1 aliphatic rings. The number of nitrogens with two attached hydrogens (primary N) is 2. The van der Waals surface area contributed by atoms with Crippen LogP contribution in [-0.4, -0.2) is 42.5 Å². The third kappa shape index (κ3) is 5.01. The van der Waals surface area contributed by atoms with Crippen molar-refractivity contribution in [2.75, 3.05) is 18.2 Å². The Labute approximate surface area is 180 Å². The quantitative estimate of drug-likeness (QED) is 0.433. The summed E-state index contributed by atoms with van der Waals surface area (Å²) >= 11 is 1.78. The summed E-state index contributed by atoms with van der Waals surface area (Å²) in [5, 5.41) is 19.6. The Morgan fingerprint density at radius 3 is 2.70 bits per heavy atom. The zero-order valence-electron chi connectivity index (χ0n) is 17.3. The number of anilines is 1. The average molecular weight is 433 g/mol. The molecule has 0 saturated carbocycles. The van der Waals surface area contributed by atoms with Crippen LogP contribution in [0.25, 0.3) is 0 Å². The molecule has 3 heterocycles. The van der Waals surface area contributed by atoms with Gasteiger partial charge in [-0.25, -0.2) is 9.97 Å². The molecule has 9 nitrogen and oxygen atoms in total. The maximum Gasteiger partial charge on any atom is 0.144 e. The summed E-state index contributed by atoms with van der Waals surface area (Å²) in [6.07, 6.45) is 4.08. The molecule has 30 heavy (non-hydrogen) atoms. The van der Waals surface area contributed by atoms with Gasteiger partial charge in [0.25, 0.3) is 0 Å². The minimum atomic E-state index is -0.213. The molecule has 162 valence electrons. The lowest BCUT2D eigenvalue weighted by atomic mass is 10.1. The predicted molar refractivity (Wildman–Crippen MR) is 116 cm³/mol. The van der Waals surface area contributed by atoms with Gasteiger partial charge in [0.05, 0.1) is 25.7 Å². The number of nitrogen functional groups attached to an aromatic ring is 1. The molecule has 6 N–H and O–H groups in total. The van der Waals surface area contributed by atoms with E-state index in [1.165, 1.54) is 16.8 Å². The second kappa shape index (κ2) is 10.1. The first kappa shape index (κ1) is 22.3. The first-order chi connectivity index (χ1) is 14.4. The van der Waals surface area contributed by atoms with Crippen molar-refractivity contribution in [1.29, 1.82) is 0 Å². The van der Waals surface area contributed by atoms with E-state index < -0.39 is 0 Å². The fraction of sp³-hybridized carbons (Fsp3) is 0.450. The number of aryl methyl sites for hydroxylation is 1. The summed E-state index contributed by atoms with van der Waals surface area (Å²) in [5.41, 5.74) is 15.3. The van der Waals surface area contributed by atoms with Gasteiger partial charge in [-0.05, 0) is 13.8 Å². The van der Waals surface area contributed by atoms with Crippen LogP contribution in [-0.2, 0) is 31.0 Å². The Morgan fingerprint density at radius 1 is 1.23 bits per heavy atom. The predicted octanol–water partition coefficient (Wildman–Crippen LogP) is 1.76. The van der Waals surface area contributed by atoms with E-state index >= 15 is 0 Å². The maximum atomic E-state index is 10.3. The molecule has 0 aliphatic carbocycles. The van der Waals surface area contributed by atoms with E-state index in [4.69, 9.17) is 16.2 Å². The maximum absolute atomic E-state index is 10.3. The first-order valence-corrected chi connectivity index (χ1v) is 10.7. The summed E-state index contributed by atoms with van der Waals surface area (Å²) in [5.74, 6) is 2.04. The molecule has 0 aromatic carbocycles. The highest BCUT2D eigenvalue weighted by Crippen LogP contribution is 2.35. The molecule has 2 aromatic rings. The van der Waals surface area contributed by atoms with Crippen LogP contribution < -0.4 is 11.5 Å². The molecule has 0 atom stereocenters. The molecule has 0 radical (unpaired) electrons. The van der Waals surface area contributed by atoms with Crippen molar-refractivity contribution in [3.8, 4) is 5.75 Å². The molecule has 0 spiro atoms. The van der Waals surface area contributed by atoms with Gasteiger partial charge >= 0.3 is 0 Å². The summed E-state index contributed by atoms with van der Waals surface area (Å²) in [6, 6.07) is 0. The molecule has 3 rings (SSSR count).